The lowest BCUT2D eigenvalue weighted by Crippen LogP contribution is -2.15. The molecular weight excluding hydrogens is 431 g/mol. The maximum atomic E-state index is 14.9. The molecule has 0 amide bonds. The van der Waals surface area contributed by atoms with E-state index in [4.69, 9.17) is 11.6 Å². The van der Waals surface area contributed by atoms with E-state index in [2.05, 4.69) is 15.3 Å². The normalized spacial score (nSPS) is 11.1. The smallest absolute Gasteiger partial charge is 0.209 e. The van der Waals surface area contributed by atoms with E-state index in [-0.39, 0.29) is 16.8 Å². The first-order valence-electron chi connectivity index (χ1n) is 9.72. The van der Waals surface area contributed by atoms with E-state index < -0.39 is 5.82 Å². The highest BCUT2D eigenvalue weighted by Gasteiger charge is 2.17. The molecule has 0 fully saturated rings. The van der Waals surface area contributed by atoms with Gasteiger partial charge in [0.05, 0.1) is 22.8 Å². The summed E-state index contributed by atoms with van der Waals surface area (Å²) in [6.07, 6.45) is 4.78. The summed E-state index contributed by atoms with van der Waals surface area (Å²) in [7, 11) is 0. The Hall–Kier alpha value is -4.04. The average molecular weight is 447 g/mol. The molecule has 0 aliphatic rings. The van der Waals surface area contributed by atoms with Gasteiger partial charge < -0.3 is 0 Å². The summed E-state index contributed by atoms with van der Waals surface area (Å²) >= 11 is 6.13. The maximum absolute atomic E-state index is 14.9. The van der Waals surface area contributed by atoms with Crippen molar-refractivity contribution in [3.8, 4) is 28.5 Å². The molecule has 3 aromatic heterocycles. The molecule has 0 spiro atoms. The molecule has 0 atom stereocenters. The molecule has 5 rings (SSSR count). The van der Waals surface area contributed by atoms with Crippen molar-refractivity contribution in [3.05, 3.63) is 106 Å². The summed E-state index contributed by atoms with van der Waals surface area (Å²) in [6, 6.07) is 16.7. The van der Waals surface area contributed by atoms with Gasteiger partial charge in [0.1, 0.15) is 5.69 Å². The first kappa shape index (κ1) is 19.9. The van der Waals surface area contributed by atoms with E-state index in [0.717, 1.165) is 0 Å². The van der Waals surface area contributed by atoms with Crippen LogP contribution in [0.5, 0.6) is 0 Å². The molecule has 0 radical (unpaired) electrons. The Morgan fingerprint density at radius 1 is 0.906 bits per heavy atom. The largest absolute Gasteiger partial charge is 0.287 e. The van der Waals surface area contributed by atoms with Crippen molar-refractivity contribution in [1.82, 2.24) is 29.3 Å². The molecule has 0 saturated heterocycles. The van der Waals surface area contributed by atoms with Gasteiger partial charge in [0.15, 0.2) is 11.5 Å². The molecular formula is C23H16ClFN6O. The molecule has 158 valence electrons. The predicted molar refractivity (Wildman–Crippen MR) is 119 cm³/mol. The van der Waals surface area contributed by atoms with Crippen molar-refractivity contribution >= 4 is 11.6 Å². The highest BCUT2D eigenvalue weighted by molar-refractivity contribution is 6.30. The zero-order chi connectivity index (χ0) is 22.2. The summed E-state index contributed by atoms with van der Waals surface area (Å²) in [4.78, 5) is 12.7. The summed E-state index contributed by atoms with van der Waals surface area (Å²) < 4.78 is 19.4. The lowest BCUT2D eigenvalue weighted by atomic mass is 10.2. The van der Waals surface area contributed by atoms with Gasteiger partial charge in [-0.3, -0.25) is 4.79 Å². The second-order valence-electron chi connectivity index (χ2n) is 7.12. The van der Waals surface area contributed by atoms with Gasteiger partial charge in [-0.25, -0.2) is 18.4 Å². The number of rotatable bonds is 4. The number of benzene rings is 2. The number of hydrogen-bond donors (Lipinski definition) is 0. The van der Waals surface area contributed by atoms with E-state index in [1.54, 1.807) is 64.2 Å². The third kappa shape index (κ3) is 3.61. The zero-order valence-electron chi connectivity index (χ0n) is 16.9. The minimum atomic E-state index is -0.500. The Labute approximate surface area is 186 Å². The Morgan fingerprint density at radius 3 is 2.53 bits per heavy atom. The Balaban J connectivity index is 1.62. The maximum Gasteiger partial charge on any atom is 0.209 e. The van der Waals surface area contributed by atoms with E-state index in [1.807, 2.05) is 13.0 Å². The minimum absolute atomic E-state index is 0.142. The SMILES string of the molecule is Cc1cc(-c2nn(-c3ccc(-n4cccn4)cc3F)ccc2=O)n(-c2cccc(Cl)c2)n1. The lowest BCUT2D eigenvalue weighted by molar-refractivity contribution is 0.606. The molecule has 2 aromatic carbocycles. The van der Waals surface area contributed by atoms with Crippen molar-refractivity contribution in [2.45, 2.75) is 6.92 Å². The van der Waals surface area contributed by atoms with E-state index in [0.29, 0.717) is 27.8 Å². The minimum Gasteiger partial charge on any atom is -0.287 e. The van der Waals surface area contributed by atoms with Gasteiger partial charge in [0.25, 0.3) is 0 Å². The van der Waals surface area contributed by atoms with Crippen molar-refractivity contribution in [3.63, 3.8) is 0 Å². The van der Waals surface area contributed by atoms with Crippen LogP contribution in [0.2, 0.25) is 5.02 Å². The van der Waals surface area contributed by atoms with Gasteiger partial charge in [-0.2, -0.15) is 15.3 Å². The van der Waals surface area contributed by atoms with Gasteiger partial charge in [-0.05, 0) is 49.4 Å². The van der Waals surface area contributed by atoms with Gasteiger partial charge in [0, 0.05) is 35.7 Å². The molecule has 0 saturated carbocycles. The van der Waals surface area contributed by atoms with Crippen LogP contribution in [0.3, 0.4) is 0 Å². The third-order valence-corrected chi connectivity index (χ3v) is 5.12. The Kier molecular flexibility index (Phi) is 4.91. The van der Waals surface area contributed by atoms with Crippen LogP contribution in [0.4, 0.5) is 4.39 Å². The van der Waals surface area contributed by atoms with Gasteiger partial charge in [-0.15, -0.1) is 0 Å². The number of hydrogen-bond acceptors (Lipinski definition) is 4. The van der Waals surface area contributed by atoms with E-state index >= 15 is 0 Å². The standard InChI is InChI=1S/C23H16ClFN6O/c1-15-12-21(31(27-15)18-5-2-4-16(24)13-18)23-22(32)8-11-30(28-23)20-7-6-17(14-19(20)25)29-10-3-9-26-29/h2-14H,1H3. The molecule has 0 aliphatic carbocycles. The molecule has 32 heavy (non-hydrogen) atoms. The monoisotopic (exact) mass is 446 g/mol. The lowest BCUT2D eigenvalue weighted by Gasteiger charge is -2.11. The van der Waals surface area contributed by atoms with Crippen molar-refractivity contribution in [2.75, 3.05) is 0 Å². The van der Waals surface area contributed by atoms with Gasteiger partial charge in [0.2, 0.25) is 5.43 Å². The number of halogens is 2. The van der Waals surface area contributed by atoms with Crippen LogP contribution in [-0.2, 0) is 0 Å². The molecule has 5 aromatic rings. The molecule has 0 bridgehead atoms. The second-order valence-corrected chi connectivity index (χ2v) is 7.56. The molecule has 9 heteroatoms. The van der Waals surface area contributed by atoms with Crippen LogP contribution >= 0.6 is 11.6 Å². The fraction of sp³-hybridized carbons (Fsp3) is 0.0435. The van der Waals surface area contributed by atoms with Gasteiger partial charge >= 0.3 is 0 Å². The molecule has 0 unspecified atom stereocenters. The number of aryl methyl sites for hydroxylation is 1. The van der Waals surface area contributed by atoms with Crippen LogP contribution < -0.4 is 5.43 Å². The number of nitrogens with zero attached hydrogens (tertiary/aromatic N) is 6. The highest BCUT2D eigenvalue weighted by Crippen LogP contribution is 2.23. The average Bonchev–Trinajstić information content (AvgIpc) is 3.44. The van der Waals surface area contributed by atoms with Gasteiger partial charge in [-0.1, -0.05) is 17.7 Å². The van der Waals surface area contributed by atoms with Crippen LogP contribution in [-0.4, -0.2) is 29.3 Å². The summed E-state index contributed by atoms with van der Waals surface area (Å²) in [5.41, 5.74) is 2.48. The first-order chi connectivity index (χ1) is 15.5. The predicted octanol–water partition coefficient (Wildman–Crippen LogP) is 4.37. The summed E-state index contributed by atoms with van der Waals surface area (Å²) in [5, 5.41) is 13.6. The fourth-order valence-corrected chi connectivity index (χ4v) is 3.62. The van der Waals surface area contributed by atoms with Crippen molar-refractivity contribution in [2.24, 2.45) is 0 Å². The summed E-state index contributed by atoms with van der Waals surface area (Å²) in [6.45, 7) is 1.82. The van der Waals surface area contributed by atoms with Crippen LogP contribution in [0.1, 0.15) is 5.69 Å². The Morgan fingerprint density at radius 2 is 1.78 bits per heavy atom. The number of aromatic nitrogens is 6. The quantitative estimate of drug-likeness (QED) is 0.411. The third-order valence-electron chi connectivity index (χ3n) is 4.88. The van der Waals surface area contributed by atoms with Crippen LogP contribution in [0.15, 0.2) is 84.0 Å². The second kappa shape index (κ2) is 7.90. The molecule has 3 heterocycles. The zero-order valence-corrected chi connectivity index (χ0v) is 17.6. The highest BCUT2D eigenvalue weighted by atomic mass is 35.5. The van der Waals surface area contributed by atoms with Crippen molar-refractivity contribution < 1.29 is 4.39 Å². The molecule has 0 N–H and O–H groups in total. The van der Waals surface area contributed by atoms with E-state index in [1.165, 1.54) is 23.0 Å². The van der Waals surface area contributed by atoms with Crippen LogP contribution in [0, 0.1) is 12.7 Å². The Bertz CT molecular complexity index is 1490. The summed E-state index contributed by atoms with van der Waals surface area (Å²) in [5.74, 6) is -0.500. The van der Waals surface area contributed by atoms with Crippen molar-refractivity contribution in [1.29, 1.82) is 0 Å². The first-order valence-corrected chi connectivity index (χ1v) is 10.1. The molecule has 0 aliphatic heterocycles. The molecule has 7 nitrogen and oxygen atoms in total. The van der Waals surface area contributed by atoms with Crippen LogP contribution in [0.25, 0.3) is 28.5 Å². The topological polar surface area (TPSA) is 70.5 Å². The van der Waals surface area contributed by atoms with E-state index in [9.17, 15) is 9.18 Å². The fourth-order valence-electron chi connectivity index (χ4n) is 3.44.